The third-order valence-electron chi connectivity index (χ3n) is 3.68. The number of aromatic amines is 1. The number of H-pyrrole nitrogens is 1. The quantitative estimate of drug-likeness (QED) is 0.643. The number of rotatable bonds is 7. The average molecular weight is 370 g/mol. The van der Waals surface area contributed by atoms with Crippen LogP contribution in [0.1, 0.15) is 43.9 Å². The zero-order valence-corrected chi connectivity index (χ0v) is 15.0. The molecule has 26 heavy (non-hydrogen) atoms. The van der Waals surface area contributed by atoms with Crippen LogP contribution in [-0.4, -0.2) is 28.7 Å². The first-order valence-corrected chi connectivity index (χ1v) is 9.04. The van der Waals surface area contributed by atoms with Crippen LogP contribution in [0, 0.1) is 0 Å². The minimum atomic E-state index is -0.558. The summed E-state index contributed by atoms with van der Waals surface area (Å²) in [5.74, 6) is -1.11. The van der Waals surface area contributed by atoms with Crippen molar-refractivity contribution in [3.8, 4) is 0 Å². The van der Waals surface area contributed by atoms with E-state index in [0.29, 0.717) is 12.0 Å². The monoisotopic (exact) mass is 370 g/mol. The fourth-order valence-electron chi connectivity index (χ4n) is 2.46. The number of hydrogen-bond donors (Lipinski definition) is 1. The van der Waals surface area contributed by atoms with Crippen LogP contribution in [0.5, 0.6) is 0 Å². The van der Waals surface area contributed by atoms with Gasteiger partial charge in [-0.15, -0.1) is 11.3 Å². The molecule has 0 atom stereocenters. The molecular weight excluding hydrogens is 352 g/mol. The van der Waals surface area contributed by atoms with E-state index >= 15 is 0 Å². The summed E-state index contributed by atoms with van der Waals surface area (Å²) in [4.78, 5) is 25.7. The Morgan fingerprint density at radius 1 is 1.08 bits per heavy atom. The van der Waals surface area contributed by atoms with Gasteiger partial charge in [0.25, 0.3) is 0 Å². The largest absolute Gasteiger partial charge is 0.461 e. The molecule has 134 valence electrons. The molecular formula is C19H18N2O4S. The number of nitrogens with zero attached hydrogens (tertiary/aromatic N) is 1. The minimum absolute atomic E-state index is 0.118. The maximum Gasteiger partial charge on any atom is 0.359 e. The molecule has 0 amide bonds. The minimum Gasteiger partial charge on any atom is -0.461 e. The van der Waals surface area contributed by atoms with Crippen LogP contribution < -0.4 is 0 Å². The molecule has 0 spiro atoms. The van der Waals surface area contributed by atoms with Gasteiger partial charge in [0.2, 0.25) is 0 Å². The number of hydrogen-bond acceptors (Lipinski definition) is 6. The SMILES string of the molecule is CCOC(=O)c1n[nH]c(C(=O)OCc2ccccc2)c1Cc1cccs1. The number of benzene rings is 1. The van der Waals surface area contributed by atoms with E-state index in [1.165, 1.54) is 11.3 Å². The molecule has 0 aliphatic carbocycles. The summed E-state index contributed by atoms with van der Waals surface area (Å²) in [5, 5.41) is 8.57. The topological polar surface area (TPSA) is 81.3 Å². The molecule has 0 bridgehead atoms. The lowest BCUT2D eigenvalue weighted by atomic mass is 10.1. The summed E-state index contributed by atoms with van der Waals surface area (Å²) in [6.45, 7) is 2.10. The van der Waals surface area contributed by atoms with Gasteiger partial charge in [0.15, 0.2) is 5.69 Å². The van der Waals surface area contributed by atoms with Gasteiger partial charge in [0.05, 0.1) is 6.61 Å². The molecule has 0 radical (unpaired) electrons. The summed E-state index contributed by atoms with van der Waals surface area (Å²) < 4.78 is 10.4. The smallest absolute Gasteiger partial charge is 0.359 e. The van der Waals surface area contributed by atoms with Crippen LogP contribution in [0.3, 0.4) is 0 Å². The lowest BCUT2D eigenvalue weighted by molar-refractivity contribution is 0.0464. The molecule has 0 fully saturated rings. The third-order valence-corrected chi connectivity index (χ3v) is 4.56. The Bertz CT molecular complexity index is 872. The highest BCUT2D eigenvalue weighted by Gasteiger charge is 2.25. The zero-order valence-electron chi connectivity index (χ0n) is 14.2. The van der Waals surface area contributed by atoms with Crippen molar-refractivity contribution < 1.29 is 19.1 Å². The maximum atomic E-state index is 12.5. The van der Waals surface area contributed by atoms with Gasteiger partial charge in [-0.25, -0.2) is 9.59 Å². The molecule has 2 heterocycles. The number of aromatic nitrogens is 2. The van der Waals surface area contributed by atoms with Gasteiger partial charge in [0, 0.05) is 16.9 Å². The van der Waals surface area contributed by atoms with Crippen LogP contribution in [-0.2, 0) is 22.5 Å². The van der Waals surface area contributed by atoms with Crippen molar-refractivity contribution in [1.82, 2.24) is 10.2 Å². The van der Waals surface area contributed by atoms with E-state index in [1.807, 2.05) is 47.8 Å². The van der Waals surface area contributed by atoms with Crippen molar-refractivity contribution in [3.05, 3.63) is 75.2 Å². The molecule has 3 aromatic rings. The second kappa shape index (κ2) is 8.44. The third kappa shape index (κ3) is 4.18. The van der Waals surface area contributed by atoms with Gasteiger partial charge >= 0.3 is 11.9 Å². The number of carbonyl (C=O) groups is 2. The van der Waals surface area contributed by atoms with Gasteiger partial charge in [-0.3, -0.25) is 5.10 Å². The van der Waals surface area contributed by atoms with Crippen LogP contribution in [0.15, 0.2) is 47.8 Å². The van der Waals surface area contributed by atoms with E-state index < -0.39 is 11.9 Å². The first-order chi connectivity index (χ1) is 12.7. The second-order valence-electron chi connectivity index (χ2n) is 5.46. The van der Waals surface area contributed by atoms with Crippen LogP contribution in [0.4, 0.5) is 0 Å². The van der Waals surface area contributed by atoms with Crippen molar-refractivity contribution in [2.24, 2.45) is 0 Å². The predicted octanol–water partition coefficient (Wildman–Crippen LogP) is 3.60. The normalized spacial score (nSPS) is 10.5. The average Bonchev–Trinajstić information content (AvgIpc) is 3.31. The second-order valence-corrected chi connectivity index (χ2v) is 6.50. The maximum absolute atomic E-state index is 12.5. The Labute approximate surface area is 154 Å². The number of carbonyl (C=O) groups excluding carboxylic acids is 2. The predicted molar refractivity (Wildman–Crippen MR) is 97.2 cm³/mol. The number of ether oxygens (including phenoxy) is 2. The standard InChI is InChI=1S/C19H18N2O4S/c1-2-24-18(22)16-15(11-14-9-6-10-26-14)17(21-20-16)19(23)25-12-13-7-4-3-5-8-13/h3-10H,2,11-12H2,1H3,(H,20,21). The number of nitrogens with one attached hydrogen (secondary N) is 1. The molecule has 2 aromatic heterocycles. The molecule has 0 saturated carbocycles. The van der Waals surface area contributed by atoms with Gasteiger partial charge in [-0.05, 0) is 23.9 Å². The Balaban J connectivity index is 1.82. The molecule has 3 rings (SSSR count). The van der Waals surface area contributed by atoms with Crippen molar-refractivity contribution in [2.45, 2.75) is 20.0 Å². The van der Waals surface area contributed by atoms with Gasteiger partial charge in [-0.1, -0.05) is 36.4 Å². The van der Waals surface area contributed by atoms with Crippen molar-refractivity contribution >= 4 is 23.3 Å². The van der Waals surface area contributed by atoms with E-state index in [4.69, 9.17) is 9.47 Å². The Hall–Kier alpha value is -2.93. The number of thiophene rings is 1. The molecule has 1 aromatic carbocycles. The molecule has 0 saturated heterocycles. The Morgan fingerprint density at radius 2 is 1.88 bits per heavy atom. The zero-order chi connectivity index (χ0) is 18.4. The van der Waals surface area contributed by atoms with Gasteiger partial charge in [-0.2, -0.15) is 5.10 Å². The van der Waals surface area contributed by atoms with Gasteiger partial charge < -0.3 is 9.47 Å². The first kappa shape index (κ1) is 17.9. The molecule has 0 unspecified atom stereocenters. The summed E-state index contributed by atoms with van der Waals surface area (Å²) >= 11 is 1.54. The van der Waals surface area contributed by atoms with Crippen LogP contribution >= 0.6 is 11.3 Å². The fraction of sp³-hybridized carbons (Fsp3) is 0.211. The summed E-state index contributed by atoms with van der Waals surface area (Å²) in [6.07, 6.45) is 0.401. The van der Waals surface area contributed by atoms with E-state index in [1.54, 1.807) is 6.92 Å². The highest BCUT2D eigenvalue weighted by molar-refractivity contribution is 7.09. The van der Waals surface area contributed by atoms with Crippen molar-refractivity contribution in [3.63, 3.8) is 0 Å². The lowest BCUT2D eigenvalue weighted by Gasteiger charge is -2.06. The Kier molecular flexibility index (Phi) is 5.80. The van der Waals surface area contributed by atoms with Crippen molar-refractivity contribution in [1.29, 1.82) is 0 Å². The highest BCUT2D eigenvalue weighted by Crippen LogP contribution is 2.21. The fourth-order valence-corrected chi connectivity index (χ4v) is 3.17. The molecule has 7 heteroatoms. The first-order valence-electron chi connectivity index (χ1n) is 8.16. The van der Waals surface area contributed by atoms with E-state index in [9.17, 15) is 9.59 Å². The van der Waals surface area contributed by atoms with E-state index in [-0.39, 0.29) is 24.6 Å². The van der Waals surface area contributed by atoms with Crippen LogP contribution in [0.2, 0.25) is 0 Å². The molecule has 0 aliphatic heterocycles. The van der Waals surface area contributed by atoms with E-state index in [2.05, 4.69) is 10.2 Å². The molecule has 0 aliphatic rings. The lowest BCUT2D eigenvalue weighted by Crippen LogP contribution is -2.11. The summed E-state index contributed by atoms with van der Waals surface area (Å²) in [6, 6.07) is 13.2. The van der Waals surface area contributed by atoms with Gasteiger partial charge in [0.1, 0.15) is 12.3 Å². The highest BCUT2D eigenvalue weighted by atomic mass is 32.1. The molecule has 6 nitrogen and oxygen atoms in total. The summed E-state index contributed by atoms with van der Waals surface area (Å²) in [7, 11) is 0. The molecule has 1 N–H and O–H groups in total. The van der Waals surface area contributed by atoms with Crippen molar-refractivity contribution in [2.75, 3.05) is 6.61 Å². The number of esters is 2. The van der Waals surface area contributed by atoms with Crippen LogP contribution in [0.25, 0.3) is 0 Å². The summed E-state index contributed by atoms with van der Waals surface area (Å²) in [5.41, 5.74) is 1.67. The Morgan fingerprint density at radius 3 is 2.58 bits per heavy atom. The van der Waals surface area contributed by atoms with E-state index in [0.717, 1.165) is 10.4 Å².